The molecule has 0 amide bonds. The van der Waals surface area contributed by atoms with Crippen LogP contribution in [0, 0.1) is 11.8 Å². The van der Waals surface area contributed by atoms with Crippen molar-refractivity contribution in [2.75, 3.05) is 18.6 Å². The molecule has 0 aromatic rings. The topological polar surface area (TPSA) is 12.0 Å². The molecule has 1 rings (SSSR count). The van der Waals surface area contributed by atoms with E-state index in [2.05, 4.69) is 38.0 Å². The number of thioether (sulfide) groups is 1. The summed E-state index contributed by atoms with van der Waals surface area (Å²) < 4.78 is 0. The van der Waals surface area contributed by atoms with Crippen LogP contribution >= 0.6 is 11.8 Å². The zero-order valence-corrected chi connectivity index (χ0v) is 11.4. The van der Waals surface area contributed by atoms with Crippen LogP contribution in [0.1, 0.15) is 46.0 Å². The Morgan fingerprint density at radius 3 is 2.33 bits per heavy atom. The molecule has 1 saturated carbocycles. The Kier molecular flexibility index (Phi) is 6.74. The molecule has 1 N–H and O–H groups in total. The van der Waals surface area contributed by atoms with Crippen molar-refractivity contribution in [1.29, 1.82) is 0 Å². The molecule has 2 heteroatoms. The van der Waals surface area contributed by atoms with Crippen LogP contribution in [0.3, 0.4) is 0 Å². The van der Waals surface area contributed by atoms with Crippen molar-refractivity contribution in [3.05, 3.63) is 0 Å². The maximum absolute atomic E-state index is 3.52. The average molecular weight is 229 g/mol. The number of nitrogens with one attached hydrogen (secondary N) is 1. The molecule has 15 heavy (non-hydrogen) atoms. The molecular formula is C13H27NS. The summed E-state index contributed by atoms with van der Waals surface area (Å²) >= 11 is 2.13. The Morgan fingerprint density at radius 2 is 1.80 bits per heavy atom. The summed E-state index contributed by atoms with van der Waals surface area (Å²) in [5.41, 5.74) is 0. The molecule has 90 valence electrons. The largest absolute Gasteiger partial charge is 0.316 e. The van der Waals surface area contributed by atoms with Gasteiger partial charge in [-0.3, -0.25) is 0 Å². The van der Waals surface area contributed by atoms with Gasteiger partial charge in [-0.15, -0.1) is 0 Å². The summed E-state index contributed by atoms with van der Waals surface area (Å²) in [5.74, 6) is 4.40. The lowest BCUT2D eigenvalue weighted by Crippen LogP contribution is -2.37. The molecule has 1 fully saturated rings. The van der Waals surface area contributed by atoms with Crippen LogP contribution in [-0.2, 0) is 0 Å². The first-order valence-electron chi connectivity index (χ1n) is 6.49. The first kappa shape index (κ1) is 13.4. The van der Waals surface area contributed by atoms with Crippen molar-refractivity contribution in [3.63, 3.8) is 0 Å². The summed E-state index contributed by atoms with van der Waals surface area (Å²) in [6.07, 6.45) is 7.28. The van der Waals surface area contributed by atoms with Crippen LogP contribution in [0.4, 0.5) is 0 Å². The fourth-order valence-corrected chi connectivity index (χ4v) is 3.72. The standard InChI is InChI=1S/C13H27NS/c1-11(2)9-15-10-13(14-3)12-7-5-4-6-8-12/h11-14H,4-10H2,1-3H3. The van der Waals surface area contributed by atoms with Crippen molar-refractivity contribution in [2.45, 2.75) is 52.0 Å². The molecule has 0 bridgehead atoms. The molecule has 0 aromatic carbocycles. The van der Waals surface area contributed by atoms with Gasteiger partial charge in [0, 0.05) is 11.8 Å². The van der Waals surface area contributed by atoms with Gasteiger partial charge < -0.3 is 5.32 Å². The molecule has 0 spiro atoms. The minimum atomic E-state index is 0.758. The van der Waals surface area contributed by atoms with E-state index in [1.165, 1.54) is 43.6 Å². The summed E-state index contributed by atoms with van der Waals surface area (Å²) in [7, 11) is 2.13. The third kappa shape index (κ3) is 5.26. The molecule has 1 aliphatic rings. The lowest BCUT2D eigenvalue weighted by Gasteiger charge is -2.30. The quantitative estimate of drug-likeness (QED) is 0.747. The molecule has 0 saturated heterocycles. The van der Waals surface area contributed by atoms with Crippen molar-refractivity contribution >= 4 is 11.8 Å². The average Bonchev–Trinajstić information content (AvgIpc) is 2.25. The lowest BCUT2D eigenvalue weighted by atomic mass is 9.84. The van der Waals surface area contributed by atoms with E-state index in [4.69, 9.17) is 0 Å². The third-order valence-electron chi connectivity index (χ3n) is 3.34. The third-order valence-corrected chi connectivity index (χ3v) is 4.84. The number of rotatable bonds is 6. The minimum absolute atomic E-state index is 0.758. The van der Waals surface area contributed by atoms with Gasteiger partial charge in [-0.1, -0.05) is 33.1 Å². The van der Waals surface area contributed by atoms with Gasteiger partial charge in [0.05, 0.1) is 0 Å². The van der Waals surface area contributed by atoms with E-state index < -0.39 is 0 Å². The highest BCUT2D eigenvalue weighted by atomic mass is 32.2. The summed E-state index contributed by atoms with van der Waals surface area (Å²) in [5, 5.41) is 3.52. The Labute approximate surface area is 99.8 Å². The van der Waals surface area contributed by atoms with Crippen LogP contribution in [0.25, 0.3) is 0 Å². The highest BCUT2D eigenvalue weighted by molar-refractivity contribution is 7.99. The lowest BCUT2D eigenvalue weighted by molar-refractivity contribution is 0.294. The number of hydrogen-bond donors (Lipinski definition) is 1. The van der Waals surface area contributed by atoms with Crippen LogP contribution in [0.5, 0.6) is 0 Å². The van der Waals surface area contributed by atoms with Crippen molar-refractivity contribution in [2.24, 2.45) is 11.8 Å². The van der Waals surface area contributed by atoms with Gasteiger partial charge in [-0.2, -0.15) is 11.8 Å². The van der Waals surface area contributed by atoms with Crippen LogP contribution in [0.2, 0.25) is 0 Å². The summed E-state index contributed by atoms with van der Waals surface area (Å²) in [4.78, 5) is 0. The SMILES string of the molecule is CNC(CSCC(C)C)C1CCCCC1. The molecule has 1 atom stereocenters. The fourth-order valence-electron chi connectivity index (χ4n) is 2.42. The summed E-state index contributed by atoms with van der Waals surface area (Å²) in [6.45, 7) is 4.62. The molecule has 1 nitrogen and oxygen atoms in total. The Balaban J connectivity index is 2.21. The smallest absolute Gasteiger partial charge is 0.0183 e. The second-order valence-electron chi connectivity index (χ2n) is 5.22. The normalized spacial score (nSPS) is 20.8. The molecule has 1 unspecified atom stereocenters. The van der Waals surface area contributed by atoms with E-state index in [0.29, 0.717) is 0 Å². The van der Waals surface area contributed by atoms with E-state index in [1.54, 1.807) is 0 Å². The minimum Gasteiger partial charge on any atom is -0.316 e. The van der Waals surface area contributed by atoms with Crippen molar-refractivity contribution in [3.8, 4) is 0 Å². The monoisotopic (exact) mass is 229 g/mol. The second kappa shape index (κ2) is 7.56. The van der Waals surface area contributed by atoms with E-state index >= 15 is 0 Å². The van der Waals surface area contributed by atoms with Gasteiger partial charge >= 0.3 is 0 Å². The van der Waals surface area contributed by atoms with E-state index in [9.17, 15) is 0 Å². The molecule has 1 aliphatic carbocycles. The first-order chi connectivity index (χ1) is 7.24. The maximum Gasteiger partial charge on any atom is 0.0183 e. The molecule has 0 aliphatic heterocycles. The van der Waals surface area contributed by atoms with Gasteiger partial charge in [-0.25, -0.2) is 0 Å². The van der Waals surface area contributed by atoms with Gasteiger partial charge in [0.25, 0.3) is 0 Å². The first-order valence-corrected chi connectivity index (χ1v) is 7.64. The van der Waals surface area contributed by atoms with Gasteiger partial charge in [-0.05, 0) is 37.5 Å². The Bertz CT molecular complexity index is 153. The van der Waals surface area contributed by atoms with Crippen LogP contribution < -0.4 is 5.32 Å². The maximum atomic E-state index is 3.52. The highest BCUT2D eigenvalue weighted by Crippen LogP contribution is 2.28. The van der Waals surface area contributed by atoms with E-state index in [-0.39, 0.29) is 0 Å². The zero-order chi connectivity index (χ0) is 11.1. The Morgan fingerprint density at radius 1 is 1.13 bits per heavy atom. The molecular weight excluding hydrogens is 202 g/mol. The fraction of sp³-hybridized carbons (Fsp3) is 1.00. The zero-order valence-electron chi connectivity index (χ0n) is 10.6. The second-order valence-corrected chi connectivity index (χ2v) is 6.30. The predicted octanol–water partition coefficient (Wildman–Crippen LogP) is 3.54. The molecule has 0 aromatic heterocycles. The van der Waals surface area contributed by atoms with Gasteiger partial charge in [0.15, 0.2) is 0 Å². The van der Waals surface area contributed by atoms with Crippen LogP contribution in [-0.4, -0.2) is 24.6 Å². The van der Waals surface area contributed by atoms with Gasteiger partial charge in [0.2, 0.25) is 0 Å². The predicted molar refractivity (Wildman–Crippen MR) is 71.6 cm³/mol. The van der Waals surface area contributed by atoms with E-state index in [1.807, 2.05) is 0 Å². The van der Waals surface area contributed by atoms with Crippen molar-refractivity contribution in [1.82, 2.24) is 5.32 Å². The molecule has 0 heterocycles. The molecule has 0 radical (unpaired) electrons. The summed E-state index contributed by atoms with van der Waals surface area (Å²) in [6, 6.07) is 0.758. The highest BCUT2D eigenvalue weighted by Gasteiger charge is 2.21. The van der Waals surface area contributed by atoms with Gasteiger partial charge in [0.1, 0.15) is 0 Å². The Hall–Kier alpha value is 0.310. The van der Waals surface area contributed by atoms with E-state index in [0.717, 1.165) is 17.9 Å². The van der Waals surface area contributed by atoms with Crippen LogP contribution in [0.15, 0.2) is 0 Å². The van der Waals surface area contributed by atoms with Crippen molar-refractivity contribution < 1.29 is 0 Å². The number of hydrogen-bond acceptors (Lipinski definition) is 2.